The molecule has 0 aliphatic rings. The van der Waals surface area contributed by atoms with Crippen LogP contribution in [0.5, 0.6) is 0 Å². The van der Waals surface area contributed by atoms with Gasteiger partial charge in [0.15, 0.2) is 0 Å². The minimum atomic E-state index is -0.588. The molecule has 2 aromatic rings. The molecule has 0 saturated carbocycles. The highest BCUT2D eigenvalue weighted by Crippen LogP contribution is 2.28. The monoisotopic (exact) mass is 271 g/mol. The van der Waals surface area contributed by atoms with Crippen LogP contribution in [-0.2, 0) is 4.74 Å². The summed E-state index contributed by atoms with van der Waals surface area (Å²) in [6, 6.07) is 19.6. The van der Waals surface area contributed by atoms with E-state index in [1.54, 1.807) is 7.11 Å². The Kier molecular flexibility index (Phi) is 5.74. The molecule has 0 saturated heterocycles. The molecule has 0 aromatic heterocycles. The van der Waals surface area contributed by atoms with Crippen molar-refractivity contribution in [3.05, 3.63) is 71.8 Å². The van der Waals surface area contributed by atoms with Crippen molar-refractivity contribution < 1.29 is 9.84 Å². The van der Waals surface area contributed by atoms with Crippen molar-refractivity contribution >= 4 is 0 Å². The number of methoxy groups -OCH3 is 1. The Morgan fingerprint density at radius 3 is 2.05 bits per heavy atom. The molecule has 0 radical (unpaired) electrons. The van der Waals surface area contributed by atoms with Crippen LogP contribution in [-0.4, -0.2) is 25.4 Å². The molecule has 3 nitrogen and oxygen atoms in total. The van der Waals surface area contributed by atoms with Gasteiger partial charge in [0, 0.05) is 13.7 Å². The smallest absolute Gasteiger partial charge is 0.0984 e. The van der Waals surface area contributed by atoms with Crippen LogP contribution in [0.3, 0.4) is 0 Å². The molecule has 0 bridgehead atoms. The standard InChI is InChI=1S/C17H21NO2/c1-20-13-12-18-16(14-8-4-2-5-9-14)17(19)15-10-6-3-7-11-15/h2-11,16-19H,12-13H2,1H3/t16-,17-/m1/s1. The predicted molar refractivity (Wildman–Crippen MR) is 80.5 cm³/mol. The van der Waals surface area contributed by atoms with Crippen LogP contribution in [0.4, 0.5) is 0 Å². The summed E-state index contributed by atoms with van der Waals surface area (Å²) in [4.78, 5) is 0. The van der Waals surface area contributed by atoms with Crippen LogP contribution in [0.1, 0.15) is 23.3 Å². The lowest BCUT2D eigenvalue weighted by molar-refractivity contribution is 0.119. The topological polar surface area (TPSA) is 41.5 Å². The molecule has 2 rings (SSSR count). The predicted octanol–water partition coefficient (Wildman–Crippen LogP) is 2.70. The minimum absolute atomic E-state index is 0.145. The second-order valence-corrected chi connectivity index (χ2v) is 4.69. The lowest BCUT2D eigenvalue weighted by Gasteiger charge is -2.25. The van der Waals surface area contributed by atoms with Gasteiger partial charge in [-0.15, -0.1) is 0 Å². The van der Waals surface area contributed by atoms with Crippen molar-refractivity contribution in [1.29, 1.82) is 0 Å². The maximum atomic E-state index is 10.6. The van der Waals surface area contributed by atoms with Gasteiger partial charge in [-0.3, -0.25) is 0 Å². The van der Waals surface area contributed by atoms with Crippen molar-refractivity contribution in [3.8, 4) is 0 Å². The fourth-order valence-corrected chi connectivity index (χ4v) is 2.23. The maximum Gasteiger partial charge on any atom is 0.0984 e. The molecule has 0 spiro atoms. The molecule has 0 aliphatic heterocycles. The number of benzene rings is 2. The van der Waals surface area contributed by atoms with E-state index in [-0.39, 0.29) is 6.04 Å². The normalized spacial score (nSPS) is 13.9. The van der Waals surface area contributed by atoms with Gasteiger partial charge in [0.05, 0.1) is 18.8 Å². The third-order valence-electron chi connectivity index (χ3n) is 3.29. The van der Waals surface area contributed by atoms with Gasteiger partial charge >= 0.3 is 0 Å². The number of aliphatic hydroxyl groups excluding tert-OH is 1. The fourth-order valence-electron chi connectivity index (χ4n) is 2.23. The summed E-state index contributed by atoms with van der Waals surface area (Å²) in [6.07, 6.45) is -0.588. The highest BCUT2D eigenvalue weighted by atomic mass is 16.5. The molecule has 2 aromatic carbocycles. The largest absolute Gasteiger partial charge is 0.386 e. The Hall–Kier alpha value is -1.68. The van der Waals surface area contributed by atoms with E-state index < -0.39 is 6.10 Å². The molecule has 20 heavy (non-hydrogen) atoms. The Balaban J connectivity index is 2.17. The molecular weight excluding hydrogens is 250 g/mol. The first-order valence-corrected chi connectivity index (χ1v) is 6.83. The van der Waals surface area contributed by atoms with Gasteiger partial charge < -0.3 is 15.2 Å². The summed E-state index contributed by atoms with van der Waals surface area (Å²) in [5.74, 6) is 0. The van der Waals surface area contributed by atoms with E-state index in [1.807, 2.05) is 60.7 Å². The van der Waals surface area contributed by atoms with Crippen molar-refractivity contribution in [2.45, 2.75) is 12.1 Å². The van der Waals surface area contributed by atoms with Crippen molar-refractivity contribution in [2.24, 2.45) is 0 Å². The van der Waals surface area contributed by atoms with Crippen molar-refractivity contribution in [3.63, 3.8) is 0 Å². The van der Waals surface area contributed by atoms with Gasteiger partial charge in [0.2, 0.25) is 0 Å². The van der Waals surface area contributed by atoms with Crippen LogP contribution in [0.25, 0.3) is 0 Å². The van der Waals surface area contributed by atoms with Crippen LogP contribution in [0.15, 0.2) is 60.7 Å². The zero-order valence-electron chi connectivity index (χ0n) is 11.7. The molecule has 2 N–H and O–H groups in total. The van der Waals surface area contributed by atoms with Crippen LogP contribution < -0.4 is 5.32 Å². The average molecular weight is 271 g/mol. The molecule has 0 fully saturated rings. The van der Waals surface area contributed by atoms with Crippen molar-refractivity contribution in [1.82, 2.24) is 5.32 Å². The van der Waals surface area contributed by atoms with E-state index in [2.05, 4.69) is 5.32 Å². The number of hydrogen-bond donors (Lipinski definition) is 2. The van der Waals surface area contributed by atoms with Crippen LogP contribution in [0, 0.1) is 0 Å². The SMILES string of the molecule is COCCN[C@H](c1ccccc1)[C@H](O)c1ccccc1. The van der Waals surface area contributed by atoms with E-state index in [0.29, 0.717) is 13.2 Å². The Bertz CT molecular complexity index is 487. The third kappa shape index (κ3) is 3.90. The quantitative estimate of drug-likeness (QED) is 0.761. The van der Waals surface area contributed by atoms with E-state index in [0.717, 1.165) is 11.1 Å². The first kappa shape index (κ1) is 14.7. The highest BCUT2D eigenvalue weighted by molar-refractivity contribution is 5.26. The molecule has 0 aliphatic carbocycles. The lowest BCUT2D eigenvalue weighted by Crippen LogP contribution is -2.29. The minimum Gasteiger partial charge on any atom is -0.386 e. The molecular formula is C17H21NO2. The third-order valence-corrected chi connectivity index (χ3v) is 3.29. The molecule has 3 heteroatoms. The van der Waals surface area contributed by atoms with Gasteiger partial charge in [0.1, 0.15) is 0 Å². The summed E-state index contributed by atoms with van der Waals surface area (Å²) < 4.78 is 5.07. The Morgan fingerprint density at radius 2 is 1.50 bits per heavy atom. The van der Waals surface area contributed by atoms with E-state index in [9.17, 15) is 5.11 Å². The summed E-state index contributed by atoms with van der Waals surface area (Å²) in [5, 5.41) is 14.0. The van der Waals surface area contributed by atoms with E-state index in [1.165, 1.54) is 0 Å². The number of aliphatic hydroxyl groups is 1. The molecule has 0 unspecified atom stereocenters. The van der Waals surface area contributed by atoms with Crippen LogP contribution >= 0.6 is 0 Å². The van der Waals surface area contributed by atoms with Crippen molar-refractivity contribution in [2.75, 3.05) is 20.3 Å². The maximum absolute atomic E-state index is 10.6. The van der Waals surface area contributed by atoms with E-state index in [4.69, 9.17) is 4.74 Å². The van der Waals surface area contributed by atoms with E-state index >= 15 is 0 Å². The zero-order chi connectivity index (χ0) is 14.2. The number of nitrogens with one attached hydrogen (secondary N) is 1. The summed E-state index contributed by atoms with van der Waals surface area (Å²) in [6.45, 7) is 1.31. The first-order valence-electron chi connectivity index (χ1n) is 6.83. The van der Waals surface area contributed by atoms with Gasteiger partial charge in [-0.05, 0) is 11.1 Å². The van der Waals surface area contributed by atoms with Gasteiger partial charge in [-0.1, -0.05) is 60.7 Å². The zero-order valence-corrected chi connectivity index (χ0v) is 11.7. The number of rotatable bonds is 7. The van der Waals surface area contributed by atoms with Crippen LogP contribution in [0.2, 0.25) is 0 Å². The number of hydrogen-bond acceptors (Lipinski definition) is 3. The fraction of sp³-hybridized carbons (Fsp3) is 0.294. The highest BCUT2D eigenvalue weighted by Gasteiger charge is 2.21. The lowest BCUT2D eigenvalue weighted by atomic mass is 9.96. The second kappa shape index (κ2) is 7.80. The Morgan fingerprint density at radius 1 is 0.950 bits per heavy atom. The summed E-state index contributed by atoms with van der Waals surface area (Å²) >= 11 is 0. The second-order valence-electron chi connectivity index (χ2n) is 4.69. The Labute approximate surface area is 120 Å². The van der Waals surface area contributed by atoms with Gasteiger partial charge in [0.25, 0.3) is 0 Å². The van der Waals surface area contributed by atoms with Gasteiger partial charge in [-0.2, -0.15) is 0 Å². The molecule has 2 atom stereocenters. The summed E-state index contributed by atoms with van der Waals surface area (Å²) in [7, 11) is 1.67. The molecule has 106 valence electrons. The summed E-state index contributed by atoms with van der Waals surface area (Å²) in [5.41, 5.74) is 1.98. The first-order chi connectivity index (χ1) is 9.83. The number of ether oxygens (including phenoxy) is 1. The molecule has 0 heterocycles. The molecule has 0 amide bonds. The van der Waals surface area contributed by atoms with Gasteiger partial charge in [-0.25, -0.2) is 0 Å². The average Bonchev–Trinajstić information content (AvgIpc) is 2.53.